The number of carbonyl (C=O) groups excluding carboxylic acids is 1. The standard InChI is InChI=1S/C11H6F3N3O2/c1-2-19-11(18)5(3-15)7-8(12)6(4-16)17-10(14)9(7)13/h15H,2H2,1H3. The van der Waals surface area contributed by atoms with Crippen LogP contribution in [0.15, 0.2) is 0 Å². The summed E-state index contributed by atoms with van der Waals surface area (Å²) in [5, 5.41) is 15.4. The van der Waals surface area contributed by atoms with E-state index in [9.17, 15) is 18.0 Å². The van der Waals surface area contributed by atoms with Crippen molar-refractivity contribution in [1.82, 2.24) is 4.98 Å². The molecule has 1 aromatic rings. The molecule has 5 nitrogen and oxygen atoms in total. The average Bonchev–Trinajstić information content (AvgIpc) is 2.39. The molecule has 1 heterocycles. The molecule has 0 saturated carbocycles. The van der Waals surface area contributed by atoms with Crippen LogP contribution in [0.25, 0.3) is 5.57 Å². The maximum atomic E-state index is 13.7. The van der Waals surface area contributed by atoms with Crippen LogP contribution in [0.4, 0.5) is 13.2 Å². The normalized spacial score (nSPS) is 9.42. The Hall–Kier alpha value is -2.65. The van der Waals surface area contributed by atoms with E-state index in [2.05, 4.69) is 9.72 Å². The quantitative estimate of drug-likeness (QED) is 0.390. The van der Waals surface area contributed by atoms with E-state index in [0.29, 0.717) is 0 Å². The molecule has 19 heavy (non-hydrogen) atoms. The Balaban J connectivity index is 3.58. The van der Waals surface area contributed by atoms with Gasteiger partial charge in [0.05, 0.1) is 12.2 Å². The summed E-state index contributed by atoms with van der Waals surface area (Å²) in [5.74, 6) is -4.89. The number of hydrogen-bond acceptors (Lipinski definition) is 5. The Labute approximate surface area is 105 Å². The van der Waals surface area contributed by atoms with Gasteiger partial charge in [-0.25, -0.2) is 18.6 Å². The van der Waals surface area contributed by atoms with Gasteiger partial charge in [-0.2, -0.15) is 9.65 Å². The van der Waals surface area contributed by atoms with Gasteiger partial charge in [0.1, 0.15) is 11.6 Å². The summed E-state index contributed by atoms with van der Waals surface area (Å²) < 4.78 is 44.7. The molecule has 8 heteroatoms. The molecular formula is C11H6F3N3O2. The van der Waals surface area contributed by atoms with Crippen molar-refractivity contribution < 1.29 is 22.7 Å². The highest BCUT2D eigenvalue weighted by Gasteiger charge is 2.28. The van der Waals surface area contributed by atoms with Crippen molar-refractivity contribution in [3.05, 3.63) is 28.8 Å². The van der Waals surface area contributed by atoms with Gasteiger partial charge in [0.25, 0.3) is 5.95 Å². The number of rotatable bonds is 3. The van der Waals surface area contributed by atoms with E-state index in [-0.39, 0.29) is 6.61 Å². The summed E-state index contributed by atoms with van der Waals surface area (Å²) >= 11 is 0. The van der Waals surface area contributed by atoms with Crippen LogP contribution >= 0.6 is 0 Å². The summed E-state index contributed by atoms with van der Waals surface area (Å²) in [7, 11) is 0. The lowest BCUT2D eigenvalue weighted by Crippen LogP contribution is -2.13. The summed E-state index contributed by atoms with van der Waals surface area (Å²) in [6.07, 6.45) is 0. The zero-order valence-corrected chi connectivity index (χ0v) is 9.55. The molecule has 0 aliphatic rings. The van der Waals surface area contributed by atoms with E-state index in [0.717, 1.165) is 0 Å². The average molecular weight is 269 g/mol. The molecule has 0 atom stereocenters. The molecule has 0 aliphatic heterocycles. The van der Waals surface area contributed by atoms with Crippen LogP contribution < -0.4 is 0 Å². The number of hydrogen-bond donors (Lipinski definition) is 1. The Bertz CT molecular complexity index is 631. The maximum absolute atomic E-state index is 13.7. The third-order valence-corrected chi connectivity index (χ3v) is 2.00. The summed E-state index contributed by atoms with van der Waals surface area (Å²) in [6, 6.07) is 1.21. The Kier molecular flexibility index (Phi) is 4.40. The van der Waals surface area contributed by atoms with Gasteiger partial charge in [0.15, 0.2) is 17.3 Å². The minimum absolute atomic E-state index is 0.119. The predicted octanol–water partition coefficient (Wildman–Crippen LogP) is 1.57. The van der Waals surface area contributed by atoms with Crippen LogP contribution in [-0.2, 0) is 9.53 Å². The van der Waals surface area contributed by atoms with Crippen LogP contribution in [0, 0.1) is 34.3 Å². The van der Waals surface area contributed by atoms with Crippen molar-refractivity contribution in [3.63, 3.8) is 0 Å². The van der Waals surface area contributed by atoms with Gasteiger partial charge in [-0.1, -0.05) is 0 Å². The number of esters is 1. The Morgan fingerprint density at radius 1 is 1.42 bits per heavy atom. The van der Waals surface area contributed by atoms with E-state index >= 15 is 0 Å². The molecule has 1 rings (SSSR count). The van der Waals surface area contributed by atoms with Gasteiger partial charge in [0, 0.05) is 0 Å². The fourth-order valence-corrected chi connectivity index (χ4v) is 1.23. The number of ether oxygens (including phenoxy) is 1. The SMILES string of the molecule is CCOC(=O)C(=C=N)c1c(F)c(F)nc(C#N)c1F. The molecule has 98 valence electrons. The highest BCUT2D eigenvalue weighted by atomic mass is 19.2. The second-order valence-corrected chi connectivity index (χ2v) is 3.09. The predicted molar refractivity (Wildman–Crippen MR) is 56.6 cm³/mol. The number of nitrogens with one attached hydrogen (secondary N) is 1. The van der Waals surface area contributed by atoms with Crippen molar-refractivity contribution in [2.45, 2.75) is 6.92 Å². The van der Waals surface area contributed by atoms with E-state index < -0.39 is 40.4 Å². The fourth-order valence-electron chi connectivity index (χ4n) is 1.23. The number of nitrogens with zero attached hydrogens (tertiary/aromatic N) is 2. The molecule has 0 aliphatic carbocycles. The third kappa shape index (κ3) is 2.61. The number of carbonyl (C=O) groups is 1. The number of nitriles is 1. The molecule has 0 saturated heterocycles. The lowest BCUT2D eigenvalue weighted by molar-refractivity contribution is -0.136. The highest BCUT2D eigenvalue weighted by molar-refractivity contribution is 6.25. The molecule has 0 amide bonds. The molecule has 0 aromatic carbocycles. The fraction of sp³-hybridized carbons (Fsp3) is 0.182. The molecule has 0 spiro atoms. The van der Waals surface area contributed by atoms with Gasteiger partial charge in [0.2, 0.25) is 0 Å². The molecule has 0 fully saturated rings. The van der Waals surface area contributed by atoms with Gasteiger partial charge in [-0.15, -0.1) is 0 Å². The smallest absolute Gasteiger partial charge is 0.348 e. The lowest BCUT2D eigenvalue weighted by atomic mass is 10.1. The first-order valence-corrected chi connectivity index (χ1v) is 4.89. The van der Waals surface area contributed by atoms with E-state index in [1.165, 1.54) is 18.9 Å². The van der Waals surface area contributed by atoms with E-state index in [1.54, 1.807) is 0 Å². The molecule has 0 bridgehead atoms. The third-order valence-electron chi connectivity index (χ3n) is 2.00. The van der Waals surface area contributed by atoms with Crippen LogP contribution in [0.5, 0.6) is 0 Å². The maximum Gasteiger partial charge on any atom is 0.348 e. The topological polar surface area (TPSA) is 86.8 Å². The van der Waals surface area contributed by atoms with Gasteiger partial charge in [-0.3, -0.25) is 5.41 Å². The number of aromatic nitrogens is 1. The minimum Gasteiger partial charge on any atom is -0.462 e. The van der Waals surface area contributed by atoms with Crippen molar-refractivity contribution in [3.8, 4) is 6.07 Å². The van der Waals surface area contributed by atoms with Crippen LogP contribution in [0.2, 0.25) is 0 Å². The molecular weight excluding hydrogens is 263 g/mol. The van der Waals surface area contributed by atoms with E-state index in [4.69, 9.17) is 10.7 Å². The summed E-state index contributed by atoms with van der Waals surface area (Å²) in [5.41, 5.74) is -3.20. The first-order chi connectivity index (χ1) is 8.97. The van der Waals surface area contributed by atoms with Crippen molar-refractivity contribution in [2.75, 3.05) is 6.61 Å². The van der Waals surface area contributed by atoms with Crippen LogP contribution in [-0.4, -0.2) is 23.4 Å². The zero-order chi connectivity index (χ0) is 14.6. The monoisotopic (exact) mass is 269 g/mol. The Morgan fingerprint density at radius 3 is 2.53 bits per heavy atom. The van der Waals surface area contributed by atoms with Crippen molar-refractivity contribution in [2.24, 2.45) is 0 Å². The second kappa shape index (κ2) is 5.80. The van der Waals surface area contributed by atoms with Gasteiger partial charge >= 0.3 is 5.97 Å². The number of halogens is 3. The number of pyridine rings is 1. The van der Waals surface area contributed by atoms with Crippen molar-refractivity contribution >= 4 is 17.4 Å². The highest BCUT2D eigenvalue weighted by Crippen LogP contribution is 2.24. The van der Waals surface area contributed by atoms with E-state index in [1.807, 2.05) is 0 Å². The molecule has 0 radical (unpaired) electrons. The Morgan fingerprint density at radius 2 is 2.05 bits per heavy atom. The summed E-state index contributed by atoms with van der Waals surface area (Å²) in [6.45, 7) is 1.31. The molecule has 1 N–H and O–H groups in total. The zero-order valence-electron chi connectivity index (χ0n) is 9.55. The molecule has 0 unspecified atom stereocenters. The van der Waals surface area contributed by atoms with Gasteiger partial charge in [-0.05, 0) is 12.8 Å². The van der Waals surface area contributed by atoms with Crippen LogP contribution in [0.3, 0.4) is 0 Å². The first kappa shape index (κ1) is 14.4. The van der Waals surface area contributed by atoms with Gasteiger partial charge < -0.3 is 4.74 Å². The van der Waals surface area contributed by atoms with Crippen LogP contribution in [0.1, 0.15) is 18.2 Å². The lowest BCUT2D eigenvalue weighted by Gasteiger charge is -2.07. The largest absolute Gasteiger partial charge is 0.462 e. The second-order valence-electron chi connectivity index (χ2n) is 3.09. The first-order valence-electron chi connectivity index (χ1n) is 4.89. The minimum atomic E-state index is -1.79. The molecule has 1 aromatic heterocycles. The van der Waals surface area contributed by atoms with Crippen molar-refractivity contribution in [1.29, 1.82) is 10.7 Å². The summed E-state index contributed by atoms with van der Waals surface area (Å²) in [4.78, 5) is 14.1.